The van der Waals surface area contributed by atoms with Crippen LogP contribution in [0.5, 0.6) is 5.75 Å². The maximum absolute atomic E-state index is 12.2. The maximum atomic E-state index is 12.2. The number of carbonyl (C=O) groups is 1. The molecule has 0 aliphatic heterocycles. The number of rotatable bonds is 7. The molecule has 0 N–H and O–H groups in total. The zero-order chi connectivity index (χ0) is 18.5. The molecule has 2 heterocycles. The molecule has 3 aromatic rings. The van der Waals surface area contributed by atoms with Crippen LogP contribution in [-0.2, 0) is 9.53 Å². The number of fused-ring (bicyclic) bond motifs is 1. The Morgan fingerprint density at radius 1 is 1.23 bits per heavy atom. The quantitative estimate of drug-likeness (QED) is 0.329. The van der Waals surface area contributed by atoms with Crippen LogP contribution in [0.1, 0.15) is 20.3 Å². The minimum Gasteiger partial charge on any atom is -0.497 e. The fourth-order valence-electron chi connectivity index (χ4n) is 2.59. The number of hydrogen-bond acceptors (Lipinski definition) is 7. The molecule has 0 aliphatic carbocycles. The second-order valence-electron chi connectivity index (χ2n) is 5.50. The van der Waals surface area contributed by atoms with Crippen molar-refractivity contribution in [2.45, 2.75) is 30.5 Å². The minimum absolute atomic E-state index is 0.201. The molecule has 0 bridgehead atoms. The lowest BCUT2D eigenvalue weighted by molar-refractivity contribution is -0.142. The normalized spacial score (nSPS) is 12.1. The Morgan fingerprint density at radius 3 is 2.65 bits per heavy atom. The van der Waals surface area contributed by atoms with E-state index in [0.29, 0.717) is 13.0 Å². The largest absolute Gasteiger partial charge is 0.497 e. The summed E-state index contributed by atoms with van der Waals surface area (Å²) in [4.78, 5) is 21.9. The molecular formula is C19H20N2O3S2. The smallest absolute Gasteiger partial charge is 0.319 e. The molecule has 0 unspecified atom stereocenters. The summed E-state index contributed by atoms with van der Waals surface area (Å²) in [5, 5.41) is 3.59. The highest BCUT2D eigenvalue weighted by Gasteiger charge is 2.23. The van der Waals surface area contributed by atoms with E-state index in [1.54, 1.807) is 24.8 Å². The summed E-state index contributed by atoms with van der Waals surface area (Å²) in [5.41, 5.74) is 2.13. The molecule has 1 aromatic carbocycles. The topological polar surface area (TPSA) is 61.3 Å². The first-order chi connectivity index (χ1) is 12.7. The lowest BCUT2D eigenvalue weighted by atomic mass is 10.1. The molecule has 0 radical (unpaired) electrons. The van der Waals surface area contributed by atoms with Gasteiger partial charge in [-0.15, -0.1) is 11.3 Å². The van der Waals surface area contributed by atoms with Crippen LogP contribution in [0.4, 0.5) is 0 Å². The number of nitrogens with zero attached hydrogens (tertiary/aromatic N) is 2. The lowest BCUT2D eigenvalue weighted by Crippen LogP contribution is -2.19. The van der Waals surface area contributed by atoms with Gasteiger partial charge in [-0.1, -0.05) is 30.8 Å². The zero-order valence-corrected chi connectivity index (χ0v) is 16.5. The van der Waals surface area contributed by atoms with E-state index in [1.807, 2.05) is 38.1 Å². The van der Waals surface area contributed by atoms with Crippen molar-refractivity contribution in [3.63, 3.8) is 0 Å². The summed E-state index contributed by atoms with van der Waals surface area (Å²) in [6.07, 6.45) is 2.23. The molecular weight excluding hydrogens is 368 g/mol. The van der Waals surface area contributed by atoms with E-state index >= 15 is 0 Å². The highest BCUT2D eigenvalue weighted by atomic mass is 32.2. The fraction of sp³-hybridized carbons (Fsp3) is 0.316. The first-order valence-corrected chi connectivity index (χ1v) is 10.1. The number of thiophene rings is 1. The van der Waals surface area contributed by atoms with Gasteiger partial charge >= 0.3 is 5.97 Å². The summed E-state index contributed by atoms with van der Waals surface area (Å²) in [6, 6.07) is 7.90. The first kappa shape index (κ1) is 18.7. The van der Waals surface area contributed by atoms with Gasteiger partial charge in [0.1, 0.15) is 27.2 Å². The molecule has 1 atom stereocenters. The SMILES string of the molecule is CCOC(=O)[C@H](CC)Sc1ncnc2scc(-c3ccc(OC)cc3)c12. The number of thioether (sulfide) groups is 1. The fourth-order valence-corrected chi connectivity index (χ4v) is 4.60. The Hall–Kier alpha value is -2.12. The van der Waals surface area contributed by atoms with Gasteiger partial charge in [-0.25, -0.2) is 9.97 Å². The first-order valence-electron chi connectivity index (χ1n) is 8.37. The predicted molar refractivity (Wildman–Crippen MR) is 106 cm³/mol. The minimum atomic E-state index is -0.281. The van der Waals surface area contributed by atoms with E-state index in [2.05, 4.69) is 15.3 Å². The monoisotopic (exact) mass is 388 g/mol. The van der Waals surface area contributed by atoms with Crippen molar-refractivity contribution in [2.24, 2.45) is 0 Å². The van der Waals surface area contributed by atoms with Crippen molar-refractivity contribution in [3.8, 4) is 16.9 Å². The van der Waals surface area contributed by atoms with Gasteiger partial charge in [0, 0.05) is 10.9 Å². The third-order valence-corrected chi connectivity index (χ3v) is 6.14. The molecule has 2 aromatic heterocycles. The van der Waals surface area contributed by atoms with Crippen molar-refractivity contribution >= 4 is 39.3 Å². The molecule has 0 saturated heterocycles. The lowest BCUT2D eigenvalue weighted by Gasteiger charge is -2.13. The number of carbonyl (C=O) groups excluding carboxylic acids is 1. The van der Waals surface area contributed by atoms with Crippen LogP contribution in [0.3, 0.4) is 0 Å². The van der Waals surface area contributed by atoms with Crippen molar-refractivity contribution in [2.75, 3.05) is 13.7 Å². The van der Waals surface area contributed by atoms with Crippen LogP contribution in [0, 0.1) is 0 Å². The van der Waals surface area contributed by atoms with Gasteiger partial charge in [-0.05, 0) is 31.0 Å². The van der Waals surface area contributed by atoms with Crippen LogP contribution >= 0.6 is 23.1 Å². The van der Waals surface area contributed by atoms with Gasteiger partial charge in [-0.3, -0.25) is 4.79 Å². The average Bonchev–Trinajstić information content (AvgIpc) is 3.11. The van der Waals surface area contributed by atoms with E-state index in [1.165, 1.54) is 11.8 Å². The third kappa shape index (κ3) is 3.83. The van der Waals surface area contributed by atoms with E-state index < -0.39 is 0 Å². The Labute approximate surface area is 160 Å². The molecule has 136 valence electrons. The average molecular weight is 389 g/mol. The summed E-state index contributed by atoms with van der Waals surface area (Å²) >= 11 is 3.02. The highest BCUT2D eigenvalue weighted by molar-refractivity contribution is 8.00. The number of esters is 1. The predicted octanol–water partition coefficient (Wildman–Crippen LogP) is 4.80. The number of benzene rings is 1. The van der Waals surface area contributed by atoms with E-state index in [4.69, 9.17) is 9.47 Å². The summed E-state index contributed by atoms with van der Waals surface area (Å²) in [5.74, 6) is 0.612. The number of hydrogen-bond donors (Lipinski definition) is 0. The molecule has 3 rings (SSSR count). The summed E-state index contributed by atoms with van der Waals surface area (Å²) in [6.45, 7) is 4.18. The molecule has 0 saturated carbocycles. The van der Waals surface area contributed by atoms with E-state index in [-0.39, 0.29) is 11.2 Å². The number of aromatic nitrogens is 2. The van der Waals surface area contributed by atoms with E-state index in [0.717, 1.165) is 32.1 Å². The van der Waals surface area contributed by atoms with E-state index in [9.17, 15) is 4.79 Å². The zero-order valence-electron chi connectivity index (χ0n) is 14.9. The van der Waals surface area contributed by atoms with Crippen LogP contribution in [0.15, 0.2) is 41.0 Å². The van der Waals surface area contributed by atoms with Crippen molar-refractivity contribution in [1.29, 1.82) is 0 Å². The Kier molecular flexibility index (Phi) is 6.11. The Morgan fingerprint density at radius 2 is 2.00 bits per heavy atom. The van der Waals surface area contributed by atoms with Crippen molar-refractivity contribution in [3.05, 3.63) is 36.0 Å². The van der Waals surface area contributed by atoms with Gasteiger partial charge < -0.3 is 9.47 Å². The molecule has 0 fully saturated rings. The Bertz CT molecular complexity index is 893. The molecule has 5 nitrogen and oxygen atoms in total. The Balaban J connectivity index is 2.00. The standard InChI is InChI=1S/C19H20N2O3S2/c1-4-15(19(22)24-5-2)26-18-16-14(10-25-17(16)20-11-21-18)12-6-8-13(23-3)9-7-12/h6-11,15H,4-5H2,1-3H3/t15-/m0/s1. The van der Waals surface area contributed by atoms with Gasteiger partial charge in [0.05, 0.1) is 19.1 Å². The van der Waals surface area contributed by atoms with Crippen LogP contribution in [-0.4, -0.2) is 34.9 Å². The summed E-state index contributed by atoms with van der Waals surface area (Å²) in [7, 11) is 1.65. The van der Waals surface area contributed by atoms with Crippen LogP contribution < -0.4 is 4.74 Å². The van der Waals surface area contributed by atoms with Gasteiger partial charge in [-0.2, -0.15) is 0 Å². The van der Waals surface area contributed by atoms with Crippen molar-refractivity contribution < 1.29 is 14.3 Å². The van der Waals surface area contributed by atoms with Gasteiger partial charge in [0.25, 0.3) is 0 Å². The molecule has 7 heteroatoms. The second-order valence-corrected chi connectivity index (χ2v) is 7.55. The van der Waals surface area contributed by atoms with Crippen LogP contribution in [0.25, 0.3) is 21.3 Å². The molecule has 0 aliphatic rings. The van der Waals surface area contributed by atoms with Gasteiger partial charge in [0.15, 0.2) is 0 Å². The summed E-state index contributed by atoms with van der Waals surface area (Å²) < 4.78 is 10.4. The molecule has 26 heavy (non-hydrogen) atoms. The third-order valence-electron chi connectivity index (χ3n) is 3.91. The van der Waals surface area contributed by atoms with Gasteiger partial charge in [0.2, 0.25) is 0 Å². The second kappa shape index (κ2) is 8.51. The molecule has 0 amide bonds. The number of methoxy groups -OCH3 is 1. The molecule has 0 spiro atoms. The van der Waals surface area contributed by atoms with Crippen LogP contribution in [0.2, 0.25) is 0 Å². The van der Waals surface area contributed by atoms with Crippen molar-refractivity contribution in [1.82, 2.24) is 9.97 Å². The highest BCUT2D eigenvalue weighted by Crippen LogP contribution is 2.39. The maximum Gasteiger partial charge on any atom is 0.319 e. The number of ether oxygens (including phenoxy) is 2.